The highest BCUT2D eigenvalue weighted by Gasteiger charge is 2.26. The number of likely N-dealkylation sites (N-methyl/N-ethyl adjacent to an activating group) is 1. The molecule has 92 valence electrons. The van der Waals surface area contributed by atoms with Gasteiger partial charge in [0.05, 0.1) is 0 Å². The van der Waals surface area contributed by atoms with E-state index in [1.54, 1.807) is 24.5 Å². The summed E-state index contributed by atoms with van der Waals surface area (Å²) in [5.41, 5.74) is 0.739. The van der Waals surface area contributed by atoms with Crippen molar-refractivity contribution in [2.24, 2.45) is 0 Å². The summed E-state index contributed by atoms with van der Waals surface area (Å²) >= 11 is 0. The van der Waals surface area contributed by atoms with Gasteiger partial charge in [0.1, 0.15) is 0 Å². The second-order valence-corrected chi connectivity index (χ2v) is 4.44. The lowest BCUT2D eigenvalue weighted by molar-refractivity contribution is 0.0615. The zero-order valence-electron chi connectivity index (χ0n) is 10.2. The molecule has 2 rings (SSSR count). The molecule has 1 aromatic rings. The smallest absolute Gasteiger partial charge is 0.254 e. The van der Waals surface area contributed by atoms with Gasteiger partial charge in [0, 0.05) is 37.1 Å². The largest absolute Gasteiger partial charge is 0.334 e. The Hall–Kier alpha value is -1.42. The number of piperidine rings is 1. The maximum Gasteiger partial charge on any atom is 0.254 e. The van der Waals surface area contributed by atoms with Gasteiger partial charge in [0.15, 0.2) is 0 Å². The van der Waals surface area contributed by atoms with Gasteiger partial charge in [-0.15, -0.1) is 0 Å². The monoisotopic (exact) mass is 233 g/mol. The summed E-state index contributed by atoms with van der Waals surface area (Å²) in [6.45, 7) is 1.74. The molecule has 1 aromatic heterocycles. The van der Waals surface area contributed by atoms with Crippen LogP contribution in [-0.2, 0) is 0 Å². The number of hydrogen-bond donors (Lipinski definition) is 1. The number of carbonyl (C=O) groups excluding carboxylic acids is 1. The number of hydrogen-bond acceptors (Lipinski definition) is 3. The first kappa shape index (κ1) is 12.0. The topological polar surface area (TPSA) is 45.2 Å². The Balaban J connectivity index is 2.11. The SMILES string of the molecule is CNCC1CCCCN1C(=O)c1ccncc1. The van der Waals surface area contributed by atoms with Gasteiger partial charge in [-0.05, 0) is 38.4 Å². The summed E-state index contributed by atoms with van der Waals surface area (Å²) in [5.74, 6) is 0.132. The second-order valence-electron chi connectivity index (χ2n) is 4.44. The maximum absolute atomic E-state index is 12.4. The van der Waals surface area contributed by atoms with Crippen LogP contribution in [0.1, 0.15) is 29.6 Å². The van der Waals surface area contributed by atoms with Crippen molar-refractivity contribution < 1.29 is 4.79 Å². The number of carbonyl (C=O) groups is 1. The second kappa shape index (κ2) is 5.77. The minimum Gasteiger partial charge on any atom is -0.334 e. The molecule has 0 bridgehead atoms. The first-order valence-corrected chi connectivity index (χ1v) is 6.18. The molecule has 1 aliphatic heterocycles. The van der Waals surface area contributed by atoms with E-state index in [9.17, 15) is 4.79 Å². The quantitative estimate of drug-likeness (QED) is 0.855. The van der Waals surface area contributed by atoms with Crippen LogP contribution in [0.5, 0.6) is 0 Å². The lowest BCUT2D eigenvalue weighted by atomic mass is 10.0. The molecule has 1 fully saturated rings. The van der Waals surface area contributed by atoms with E-state index < -0.39 is 0 Å². The van der Waals surface area contributed by atoms with E-state index in [0.29, 0.717) is 6.04 Å². The van der Waals surface area contributed by atoms with Gasteiger partial charge in [-0.2, -0.15) is 0 Å². The van der Waals surface area contributed by atoms with Gasteiger partial charge in [-0.25, -0.2) is 0 Å². The molecule has 4 nitrogen and oxygen atoms in total. The predicted molar refractivity (Wildman–Crippen MR) is 66.8 cm³/mol. The summed E-state index contributed by atoms with van der Waals surface area (Å²) in [6.07, 6.45) is 6.76. The molecule has 1 atom stereocenters. The Morgan fingerprint density at radius 2 is 2.24 bits per heavy atom. The highest BCUT2D eigenvalue weighted by atomic mass is 16.2. The highest BCUT2D eigenvalue weighted by Crippen LogP contribution is 2.18. The van der Waals surface area contributed by atoms with Gasteiger partial charge in [-0.3, -0.25) is 9.78 Å². The van der Waals surface area contributed by atoms with Crippen LogP contribution in [0.25, 0.3) is 0 Å². The fourth-order valence-electron chi connectivity index (χ4n) is 2.38. The van der Waals surface area contributed by atoms with E-state index in [-0.39, 0.29) is 5.91 Å². The van der Waals surface area contributed by atoms with E-state index in [1.807, 2.05) is 11.9 Å². The number of nitrogens with zero attached hydrogens (tertiary/aromatic N) is 2. The Morgan fingerprint density at radius 1 is 1.47 bits per heavy atom. The Labute approximate surface area is 102 Å². The molecule has 0 saturated carbocycles. The molecule has 1 N–H and O–H groups in total. The molecule has 1 amide bonds. The number of likely N-dealkylation sites (tertiary alicyclic amines) is 1. The summed E-state index contributed by atoms with van der Waals surface area (Å²) in [5, 5.41) is 3.17. The van der Waals surface area contributed by atoms with Crippen molar-refractivity contribution in [3.8, 4) is 0 Å². The molecule has 0 spiro atoms. The molecular weight excluding hydrogens is 214 g/mol. The lowest BCUT2D eigenvalue weighted by Gasteiger charge is -2.35. The average Bonchev–Trinajstić information content (AvgIpc) is 2.40. The molecule has 0 aromatic carbocycles. The number of rotatable bonds is 3. The van der Waals surface area contributed by atoms with Crippen molar-refractivity contribution >= 4 is 5.91 Å². The van der Waals surface area contributed by atoms with E-state index in [2.05, 4.69) is 10.3 Å². The summed E-state index contributed by atoms with van der Waals surface area (Å²) in [4.78, 5) is 18.3. The molecule has 0 aliphatic carbocycles. The maximum atomic E-state index is 12.4. The number of aromatic nitrogens is 1. The van der Waals surface area contributed by atoms with Crippen LogP contribution in [0.15, 0.2) is 24.5 Å². The average molecular weight is 233 g/mol. The van der Waals surface area contributed by atoms with Gasteiger partial charge in [-0.1, -0.05) is 0 Å². The van der Waals surface area contributed by atoms with Crippen molar-refractivity contribution in [2.45, 2.75) is 25.3 Å². The van der Waals surface area contributed by atoms with Gasteiger partial charge in [0.25, 0.3) is 5.91 Å². The number of nitrogens with one attached hydrogen (secondary N) is 1. The zero-order valence-corrected chi connectivity index (χ0v) is 10.2. The molecule has 0 radical (unpaired) electrons. The van der Waals surface area contributed by atoms with Crippen LogP contribution in [-0.4, -0.2) is 42.0 Å². The molecule has 1 saturated heterocycles. The van der Waals surface area contributed by atoms with E-state index >= 15 is 0 Å². The predicted octanol–water partition coefficient (Wildman–Crippen LogP) is 1.30. The van der Waals surface area contributed by atoms with E-state index in [4.69, 9.17) is 0 Å². The summed E-state index contributed by atoms with van der Waals surface area (Å²) in [7, 11) is 1.93. The number of pyridine rings is 1. The normalized spacial score (nSPS) is 20.3. The van der Waals surface area contributed by atoms with Gasteiger partial charge in [0.2, 0.25) is 0 Å². The van der Waals surface area contributed by atoms with Crippen molar-refractivity contribution in [3.63, 3.8) is 0 Å². The van der Waals surface area contributed by atoms with Crippen LogP contribution in [0.4, 0.5) is 0 Å². The molecule has 1 aliphatic rings. The Bertz CT molecular complexity index is 364. The first-order chi connectivity index (χ1) is 8.33. The fourth-order valence-corrected chi connectivity index (χ4v) is 2.38. The third kappa shape index (κ3) is 2.82. The minimum atomic E-state index is 0.132. The van der Waals surface area contributed by atoms with Crippen LogP contribution in [0, 0.1) is 0 Å². The van der Waals surface area contributed by atoms with Crippen LogP contribution in [0.2, 0.25) is 0 Å². The molecular formula is C13H19N3O. The number of amides is 1. The lowest BCUT2D eigenvalue weighted by Crippen LogP contribution is -2.48. The van der Waals surface area contributed by atoms with Crippen molar-refractivity contribution in [1.82, 2.24) is 15.2 Å². The standard InChI is InChI=1S/C13H19N3O/c1-14-10-12-4-2-3-9-16(12)13(17)11-5-7-15-8-6-11/h5-8,12,14H,2-4,9-10H2,1H3. The fraction of sp³-hybridized carbons (Fsp3) is 0.538. The van der Waals surface area contributed by atoms with Gasteiger partial charge >= 0.3 is 0 Å². The van der Waals surface area contributed by atoms with Crippen LogP contribution < -0.4 is 5.32 Å². The van der Waals surface area contributed by atoms with Crippen molar-refractivity contribution in [1.29, 1.82) is 0 Å². The first-order valence-electron chi connectivity index (χ1n) is 6.18. The Kier molecular flexibility index (Phi) is 4.09. The highest BCUT2D eigenvalue weighted by molar-refractivity contribution is 5.94. The van der Waals surface area contributed by atoms with Crippen molar-refractivity contribution in [3.05, 3.63) is 30.1 Å². The van der Waals surface area contributed by atoms with Crippen LogP contribution in [0.3, 0.4) is 0 Å². The zero-order chi connectivity index (χ0) is 12.1. The van der Waals surface area contributed by atoms with E-state index in [0.717, 1.165) is 31.5 Å². The summed E-state index contributed by atoms with van der Waals surface area (Å²) in [6, 6.07) is 3.90. The molecule has 17 heavy (non-hydrogen) atoms. The third-order valence-electron chi connectivity index (χ3n) is 3.26. The van der Waals surface area contributed by atoms with Crippen LogP contribution >= 0.6 is 0 Å². The molecule has 1 unspecified atom stereocenters. The van der Waals surface area contributed by atoms with Gasteiger partial charge < -0.3 is 10.2 Å². The van der Waals surface area contributed by atoms with Crippen molar-refractivity contribution in [2.75, 3.05) is 20.1 Å². The Morgan fingerprint density at radius 3 is 2.94 bits per heavy atom. The van der Waals surface area contributed by atoms with E-state index in [1.165, 1.54) is 6.42 Å². The minimum absolute atomic E-state index is 0.132. The third-order valence-corrected chi connectivity index (χ3v) is 3.26. The molecule has 4 heteroatoms. The summed E-state index contributed by atoms with van der Waals surface area (Å²) < 4.78 is 0. The molecule has 2 heterocycles.